The van der Waals surface area contributed by atoms with Crippen molar-refractivity contribution in [3.63, 3.8) is 0 Å². The van der Waals surface area contributed by atoms with Crippen molar-refractivity contribution in [3.05, 3.63) is 71.7 Å². The van der Waals surface area contributed by atoms with Crippen molar-refractivity contribution in [3.8, 4) is 0 Å². The smallest absolute Gasteiger partial charge is 0.249 e. The molecular weight excluding hydrogens is 333 g/mol. The van der Waals surface area contributed by atoms with E-state index in [9.17, 15) is 9.18 Å². The number of carbonyl (C=O) groups excluding carboxylic acids is 1. The molecule has 0 aliphatic rings. The van der Waals surface area contributed by atoms with E-state index < -0.39 is 0 Å². The molecule has 1 aromatic heterocycles. The lowest BCUT2D eigenvalue weighted by Crippen LogP contribution is -2.08. The number of carbonyl (C=O) groups is 1. The molecule has 0 aliphatic heterocycles. The van der Waals surface area contributed by atoms with Crippen LogP contribution in [0, 0.1) is 5.82 Å². The van der Waals surface area contributed by atoms with Crippen molar-refractivity contribution in [2.45, 2.75) is 13.3 Å². The molecule has 1 heterocycles. The van der Waals surface area contributed by atoms with Crippen LogP contribution in [-0.4, -0.2) is 27.5 Å². The molecule has 0 saturated carbocycles. The quantitative estimate of drug-likeness (QED) is 0.633. The third-order valence-corrected chi connectivity index (χ3v) is 3.74. The van der Waals surface area contributed by atoms with Crippen LogP contribution in [0.15, 0.2) is 54.7 Å². The average molecular weight is 351 g/mol. The minimum Gasteiger partial charge on any atom is -0.368 e. The van der Waals surface area contributed by atoms with E-state index in [0.717, 1.165) is 17.7 Å². The number of aromatic nitrogens is 3. The number of hydrogen-bond donors (Lipinski definition) is 2. The van der Waals surface area contributed by atoms with E-state index >= 15 is 0 Å². The van der Waals surface area contributed by atoms with Gasteiger partial charge in [-0.1, -0.05) is 12.1 Å². The highest BCUT2D eigenvalue weighted by molar-refractivity contribution is 5.94. The number of hydrogen-bond acceptors (Lipinski definition) is 6. The normalized spacial score (nSPS) is 10.4. The van der Waals surface area contributed by atoms with E-state index in [4.69, 9.17) is 0 Å². The molecule has 132 valence electrons. The van der Waals surface area contributed by atoms with Crippen LogP contribution in [0.1, 0.15) is 22.8 Å². The maximum Gasteiger partial charge on any atom is 0.249 e. The number of nitrogens with zero attached hydrogens (tertiary/aromatic N) is 3. The van der Waals surface area contributed by atoms with E-state index in [1.165, 1.54) is 25.3 Å². The van der Waals surface area contributed by atoms with Gasteiger partial charge in [0.1, 0.15) is 5.82 Å². The molecule has 26 heavy (non-hydrogen) atoms. The van der Waals surface area contributed by atoms with Crippen LogP contribution < -0.4 is 10.6 Å². The highest BCUT2D eigenvalue weighted by Gasteiger charge is 2.03. The lowest BCUT2D eigenvalue weighted by atomic mass is 10.1. The first-order valence-corrected chi connectivity index (χ1v) is 8.16. The van der Waals surface area contributed by atoms with Gasteiger partial charge in [0.05, 0.1) is 6.20 Å². The molecule has 0 bridgehead atoms. The molecule has 0 atom stereocenters. The maximum absolute atomic E-state index is 12.9. The summed E-state index contributed by atoms with van der Waals surface area (Å²) in [6.07, 6.45) is 2.27. The Labute approximate surface area is 150 Å². The Kier molecular flexibility index (Phi) is 5.48. The van der Waals surface area contributed by atoms with Crippen LogP contribution in [-0.2, 0) is 6.42 Å². The van der Waals surface area contributed by atoms with Gasteiger partial charge in [-0.15, -0.1) is 5.10 Å². The van der Waals surface area contributed by atoms with Crippen molar-refractivity contribution < 1.29 is 9.18 Å². The molecule has 2 N–H and O–H groups in total. The fourth-order valence-electron chi connectivity index (χ4n) is 2.35. The SMILES string of the molecule is CC(=O)c1ccc(Nc2nncc(NCCc3ccc(F)cc3)n2)cc1. The predicted molar refractivity (Wildman–Crippen MR) is 98.1 cm³/mol. The Balaban J connectivity index is 1.57. The molecule has 7 heteroatoms. The number of ketones is 1. The van der Waals surface area contributed by atoms with Crippen LogP contribution in [0.5, 0.6) is 0 Å². The zero-order chi connectivity index (χ0) is 18.4. The molecule has 0 spiro atoms. The van der Waals surface area contributed by atoms with Gasteiger partial charge in [0, 0.05) is 17.8 Å². The lowest BCUT2D eigenvalue weighted by molar-refractivity contribution is 0.101. The topological polar surface area (TPSA) is 79.8 Å². The molecule has 2 aromatic carbocycles. The third-order valence-electron chi connectivity index (χ3n) is 3.74. The predicted octanol–water partition coefficient (Wildman–Crippen LogP) is 3.61. The number of Topliss-reactive ketones (excluding diaryl/α,β-unsaturated/α-hetero) is 1. The summed E-state index contributed by atoms with van der Waals surface area (Å²) in [5.74, 6) is 0.716. The first-order chi connectivity index (χ1) is 12.6. The second kappa shape index (κ2) is 8.15. The number of anilines is 3. The second-order valence-corrected chi connectivity index (χ2v) is 5.73. The number of halogens is 1. The summed E-state index contributed by atoms with van der Waals surface area (Å²) in [5.41, 5.74) is 2.44. The van der Waals surface area contributed by atoms with Gasteiger partial charge in [-0.3, -0.25) is 4.79 Å². The van der Waals surface area contributed by atoms with Gasteiger partial charge < -0.3 is 10.6 Å². The summed E-state index contributed by atoms with van der Waals surface area (Å²) in [7, 11) is 0. The molecule has 0 radical (unpaired) electrons. The van der Waals surface area contributed by atoms with Gasteiger partial charge in [0.25, 0.3) is 0 Å². The summed E-state index contributed by atoms with van der Waals surface area (Å²) < 4.78 is 12.9. The van der Waals surface area contributed by atoms with E-state index in [2.05, 4.69) is 25.8 Å². The van der Waals surface area contributed by atoms with Crippen molar-refractivity contribution in [2.75, 3.05) is 17.2 Å². The highest BCUT2D eigenvalue weighted by atomic mass is 19.1. The van der Waals surface area contributed by atoms with Gasteiger partial charge in [0.15, 0.2) is 11.6 Å². The summed E-state index contributed by atoms with van der Waals surface area (Å²) in [5, 5.41) is 14.1. The third kappa shape index (κ3) is 4.83. The molecule has 0 fully saturated rings. The summed E-state index contributed by atoms with van der Waals surface area (Å²) in [4.78, 5) is 15.6. The van der Waals surface area contributed by atoms with E-state index in [1.54, 1.807) is 36.4 Å². The Bertz CT molecular complexity index is 881. The fourth-order valence-corrected chi connectivity index (χ4v) is 2.35. The van der Waals surface area contributed by atoms with Crippen LogP contribution in [0.2, 0.25) is 0 Å². The molecule has 6 nitrogen and oxygen atoms in total. The van der Waals surface area contributed by atoms with Crippen molar-refractivity contribution in [1.82, 2.24) is 15.2 Å². The standard InChI is InChI=1S/C19H18FN5O/c1-13(26)15-4-8-17(9-5-15)23-19-24-18(12-22-25-19)21-11-10-14-2-6-16(20)7-3-14/h2-9,12H,10-11H2,1H3,(H2,21,23,24,25). The molecule has 3 aromatic rings. The molecular formula is C19H18FN5O. The first-order valence-electron chi connectivity index (χ1n) is 8.16. The van der Waals surface area contributed by atoms with Crippen molar-refractivity contribution in [2.24, 2.45) is 0 Å². The largest absolute Gasteiger partial charge is 0.368 e. The summed E-state index contributed by atoms with van der Waals surface area (Å²) >= 11 is 0. The first kappa shape index (κ1) is 17.5. The molecule has 0 aliphatic carbocycles. The summed E-state index contributed by atoms with van der Waals surface area (Å²) in [6, 6.07) is 13.5. The number of benzene rings is 2. The Hall–Kier alpha value is -3.35. The van der Waals surface area contributed by atoms with Crippen LogP contribution >= 0.6 is 0 Å². The zero-order valence-corrected chi connectivity index (χ0v) is 14.2. The molecule has 3 rings (SSSR count). The van der Waals surface area contributed by atoms with Gasteiger partial charge in [-0.2, -0.15) is 10.1 Å². The molecule has 0 amide bonds. The van der Waals surface area contributed by atoms with Crippen molar-refractivity contribution >= 4 is 23.2 Å². The average Bonchev–Trinajstić information content (AvgIpc) is 2.64. The van der Waals surface area contributed by atoms with Crippen molar-refractivity contribution in [1.29, 1.82) is 0 Å². The maximum atomic E-state index is 12.9. The fraction of sp³-hybridized carbons (Fsp3) is 0.158. The number of nitrogens with one attached hydrogen (secondary N) is 2. The van der Waals surface area contributed by atoms with Crippen LogP contribution in [0.4, 0.5) is 21.8 Å². The second-order valence-electron chi connectivity index (χ2n) is 5.73. The van der Waals surface area contributed by atoms with Crippen LogP contribution in [0.25, 0.3) is 0 Å². The van der Waals surface area contributed by atoms with E-state index in [0.29, 0.717) is 23.9 Å². The monoisotopic (exact) mass is 351 g/mol. The van der Waals surface area contributed by atoms with Gasteiger partial charge in [-0.25, -0.2) is 4.39 Å². The lowest BCUT2D eigenvalue weighted by Gasteiger charge is -2.08. The Morgan fingerprint density at radius 1 is 1.08 bits per heavy atom. The minimum absolute atomic E-state index is 0.0156. The van der Waals surface area contributed by atoms with Gasteiger partial charge in [0.2, 0.25) is 5.95 Å². The molecule has 0 unspecified atom stereocenters. The van der Waals surface area contributed by atoms with Gasteiger partial charge >= 0.3 is 0 Å². The molecule has 0 saturated heterocycles. The minimum atomic E-state index is -0.242. The van der Waals surface area contributed by atoms with Gasteiger partial charge in [-0.05, 0) is 55.3 Å². The Morgan fingerprint density at radius 3 is 2.50 bits per heavy atom. The summed E-state index contributed by atoms with van der Waals surface area (Å²) in [6.45, 7) is 2.16. The number of rotatable bonds is 7. The van der Waals surface area contributed by atoms with E-state index in [-0.39, 0.29) is 11.6 Å². The van der Waals surface area contributed by atoms with Crippen LogP contribution in [0.3, 0.4) is 0 Å². The highest BCUT2D eigenvalue weighted by Crippen LogP contribution is 2.15. The van der Waals surface area contributed by atoms with E-state index in [1.807, 2.05) is 0 Å². The zero-order valence-electron chi connectivity index (χ0n) is 14.2. The Morgan fingerprint density at radius 2 is 1.81 bits per heavy atom.